The van der Waals surface area contributed by atoms with Gasteiger partial charge < -0.3 is 10.6 Å². The third-order valence-corrected chi connectivity index (χ3v) is 6.35. The largest absolute Gasteiger partial charge is 0.355 e. The van der Waals surface area contributed by atoms with Crippen LogP contribution in [-0.4, -0.2) is 19.9 Å². The van der Waals surface area contributed by atoms with Crippen molar-refractivity contribution in [2.75, 3.05) is 15.5 Å². The summed E-state index contributed by atoms with van der Waals surface area (Å²) in [6.07, 6.45) is 1.76. The fraction of sp³-hybridized carbons (Fsp3) is 0. The number of rotatable bonds is 7. The molecular formula is C30H21Cl2N7. The van der Waals surface area contributed by atoms with Gasteiger partial charge in [-0.25, -0.2) is 0 Å². The number of halogens is 2. The summed E-state index contributed by atoms with van der Waals surface area (Å²) in [6, 6.07) is 35.1. The maximum atomic E-state index is 6.36. The van der Waals surface area contributed by atoms with E-state index in [1.807, 2.05) is 114 Å². The maximum absolute atomic E-state index is 6.36. The summed E-state index contributed by atoms with van der Waals surface area (Å²) in [6.45, 7) is 0. The lowest BCUT2D eigenvalue weighted by molar-refractivity contribution is 1.01. The fourth-order valence-corrected chi connectivity index (χ4v) is 4.50. The molecule has 0 aliphatic rings. The third kappa shape index (κ3) is 5.60. The highest BCUT2D eigenvalue weighted by molar-refractivity contribution is 6.31. The highest BCUT2D eigenvalue weighted by Gasteiger charge is 2.17. The zero-order valence-corrected chi connectivity index (χ0v) is 22.0. The average molecular weight is 550 g/mol. The van der Waals surface area contributed by atoms with E-state index in [-0.39, 0.29) is 5.28 Å². The van der Waals surface area contributed by atoms with Gasteiger partial charge in [-0.2, -0.15) is 15.0 Å². The Balaban J connectivity index is 1.26. The van der Waals surface area contributed by atoms with Gasteiger partial charge in [0.2, 0.25) is 17.2 Å². The number of nitrogens with zero attached hydrogens (tertiary/aromatic N) is 5. The molecule has 0 unspecified atom stereocenters. The molecule has 0 saturated heterocycles. The number of hydrogen-bond acceptors (Lipinski definition) is 7. The van der Waals surface area contributed by atoms with E-state index in [1.165, 1.54) is 0 Å². The maximum Gasteiger partial charge on any atom is 0.240 e. The number of benzene rings is 4. The number of nitrogens with one attached hydrogen (secondary N) is 2. The average Bonchev–Trinajstić information content (AvgIpc) is 2.95. The van der Waals surface area contributed by atoms with Gasteiger partial charge >= 0.3 is 0 Å². The molecule has 0 aliphatic heterocycles. The first kappa shape index (κ1) is 24.6. The monoisotopic (exact) mass is 549 g/mol. The Hall–Kier alpha value is -4.72. The molecule has 39 heavy (non-hydrogen) atoms. The third-order valence-electron chi connectivity index (χ3n) is 5.95. The molecule has 0 bridgehead atoms. The number of fused-ring (bicyclic) bond motifs is 1. The molecular weight excluding hydrogens is 529 g/mol. The first-order chi connectivity index (χ1) is 19.1. The summed E-state index contributed by atoms with van der Waals surface area (Å²) in [5.41, 5.74) is 5.28. The van der Waals surface area contributed by atoms with Gasteiger partial charge in [-0.1, -0.05) is 48.0 Å². The SMILES string of the molecule is Clc1ccc2c(Nc3ccc(Nc4nc(Cl)nc(N(c5ccccc5)c5ccccc5)n4)cc3)ccnc2c1. The molecule has 9 heteroatoms. The van der Waals surface area contributed by atoms with Gasteiger partial charge in [-0.05, 0) is 84.4 Å². The molecule has 0 atom stereocenters. The van der Waals surface area contributed by atoms with Gasteiger partial charge in [0.1, 0.15) is 0 Å². The molecule has 7 nitrogen and oxygen atoms in total. The van der Waals surface area contributed by atoms with E-state index in [0.717, 1.165) is 39.3 Å². The predicted octanol–water partition coefficient (Wildman–Crippen LogP) is 8.68. The zero-order valence-electron chi connectivity index (χ0n) is 20.5. The van der Waals surface area contributed by atoms with Crippen LogP contribution in [0.15, 0.2) is 115 Å². The van der Waals surface area contributed by atoms with Crippen LogP contribution in [0.3, 0.4) is 0 Å². The highest BCUT2D eigenvalue weighted by atomic mass is 35.5. The van der Waals surface area contributed by atoms with E-state index in [1.54, 1.807) is 6.20 Å². The van der Waals surface area contributed by atoms with Crippen LogP contribution in [-0.2, 0) is 0 Å². The van der Waals surface area contributed by atoms with E-state index in [2.05, 4.69) is 30.6 Å². The van der Waals surface area contributed by atoms with Crippen LogP contribution < -0.4 is 15.5 Å². The van der Waals surface area contributed by atoms with Gasteiger partial charge in [-0.3, -0.25) is 9.88 Å². The number of para-hydroxylation sites is 2. The van der Waals surface area contributed by atoms with Crippen LogP contribution in [0.2, 0.25) is 10.3 Å². The Labute approximate surface area is 235 Å². The van der Waals surface area contributed by atoms with Crippen LogP contribution in [0.5, 0.6) is 0 Å². The molecule has 2 aromatic heterocycles. The Bertz CT molecular complexity index is 1690. The summed E-state index contributed by atoms with van der Waals surface area (Å²) in [4.78, 5) is 19.7. The standard InChI is InChI=1S/C30H21Cl2N7/c31-20-11-16-25-26(17-18-33-27(25)19-20)34-21-12-14-22(15-13-21)35-29-36-28(32)37-30(38-29)39(23-7-3-1-4-8-23)24-9-5-2-6-10-24/h1-19H,(H,33,34)(H,35,36,37,38). The van der Waals surface area contributed by atoms with Crippen LogP contribution in [0.25, 0.3) is 10.9 Å². The summed E-state index contributed by atoms with van der Waals surface area (Å²) in [5, 5.41) is 8.41. The van der Waals surface area contributed by atoms with Crippen LogP contribution >= 0.6 is 23.2 Å². The Morgan fingerprint density at radius 3 is 1.92 bits per heavy atom. The minimum Gasteiger partial charge on any atom is -0.355 e. The summed E-state index contributed by atoms with van der Waals surface area (Å²) in [5.74, 6) is 0.734. The van der Waals surface area contributed by atoms with Gasteiger partial charge in [0.05, 0.1) is 5.52 Å². The van der Waals surface area contributed by atoms with Crippen molar-refractivity contribution in [3.05, 3.63) is 126 Å². The van der Waals surface area contributed by atoms with Crippen LogP contribution in [0.4, 0.5) is 40.3 Å². The van der Waals surface area contributed by atoms with Gasteiger partial charge in [0.25, 0.3) is 0 Å². The molecule has 0 fully saturated rings. The van der Waals surface area contributed by atoms with Gasteiger partial charge in [-0.15, -0.1) is 0 Å². The Kier molecular flexibility index (Phi) is 6.91. The van der Waals surface area contributed by atoms with Gasteiger partial charge in [0, 0.05) is 45.0 Å². The summed E-state index contributed by atoms with van der Waals surface area (Å²) < 4.78 is 0. The fourth-order valence-electron chi connectivity index (χ4n) is 4.18. The second-order valence-electron chi connectivity index (χ2n) is 8.58. The number of anilines is 7. The molecule has 6 rings (SSSR count). The van der Waals surface area contributed by atoms with Crippen molar-refractivity contribution in [1.29, 1.82) is 0 Å². The number of pyridine rings is 1. The molecule has 0 spiro atoms. The van der Waals surface area contributed by atoms with Crippen molar-refractivity contribution < 1.29 is 0 Å². The predicted molar refractivity (Wildman–Crippen MR) is 159 cm³/mol. The minimum absolute atomic E-state index is 0.0855. The molecule has 0 aliphatic carbocycles. The molecule has 0 saturated carbocycles. The number of aromatic nitrogens is 4. The lowest BCUT2D eigenvalue weighted by atomic mass is 10.2. The van der Waals surface area contributed by atoms with Crippen molar-refractivity contribution in [1.82, 2.24) is 19.9 Å². The van der Waals surface area contributed by atoms with Gasteiger partial charge in [0.15, 0.2) is 0 Å². The molecule has 6 aromatic rings. The number of hydrogen-bond donors (Lipinski definition) is 2. The first-order valence-electron chi connectivity index (χ1n) is 12.1. The second kappa shape index (κ2) is 10.9. The van der Waals surface area contributed by atoms with Crippen molar-refractivity contribution in [2.45, 2.75) is 0 Å². The summed E-state index contributed by atoms with van der Waals surface area (Å²) >= 11 is 12.5. The molecule has 4 aromatic carbocycles. The molecule has 0 radical (unpaired) electrons. The van der Waals surface area contributed by atoms with E-state index >= 15 is 0 Å². The summed E-state index contributed by atoms with van der Waals surface area (Å²) in [7, 11) is 0. The van der Waals surface area contributed by atoms with Crippen molar-refractivity contribution in [2.24, 2.45) is 0 Å². The highest BCUT2D eigenvalue weighted by Crippen LogP contribution is 2.33. The van der Waals surface area contributed by atoms with Crippen molar-refractivity contribution in [3.63, 3.8) is 0 Å². The van der Waals surface area contributed by atoms with Crippen molar-refractivity contribution in [3.8, 4) is 0 Å². The normalized spacial score (nSPS) is 10.8. The molecule has 2 heterocycles. The second-order valence-corrected chi connectivity index (χ2v) is 9.36. The van der Waals surface area contributed by atoms with E-state index < -0.39 is 0 Å². The smallest absolute Gasteiger partial charge is 0.240 e. The first-order valence-corrected chi connectivity index (χ1v) is 12.9. The zero-order chi connectivity index (χ0) is 26.6. The van der Waals surface area contributed by atoms with E-state index in [4.69, 9.17) is 23.2 Å². The molecule has 0 amide bonds. The molecule has 190 valence electrons. The minimum atomic E-state index is 0.0855. The Morgan fingerprint density at radius 1 is 0.615 bits per heavy atom. The van der Waals surface area contributed by atoms with Crippen LogP contribution in [0.1, 0.15) is 0 Å². The lowest BCUT2D eigenvalue weighted by Crippen LogP contribution is -2.15. The molecule has 2 N–H and O–H groups in total. The van der Waals surface area contributed by atoms with E-state index in [0.29, 0.717) is 16.9 Å². The van der Waals surface area contributed by atoms with Crippen molar-refractivity contribution >= 4 is 74.4 Å². The van der Waals surface area contributed by atoms with E-state index in [9.17, 15) is 0 Å². The topological polar surface area (TPSA) is 78.9 Å². The van der Waals surface area contributed by atoms with Crippen LogP contribution in [0, 0.1) is 0 Å². The Morgan fingerprint density at radius 2 is 1.26 bits per heavy atom. The quantitative estimate of drug-likeness (QED) is 0.206. The lowest BCUT2D eigenvalue weighted by Gasteiger charge is -2.23.